The third kappa shape index (κ3) is 3.81. The highest BCUT2D eigenvalue weighted by Crippen LogP contribution is 2.32. The molecule has 0 aliphatic rings. The van der Waals surface area contributed by atoms with Crippen molar-refractivity contribution in [1.29, 1.82) is 0 Å². The molecule has 102 valence electrons. The molecule has 1 rings (SSSR count). The zero-order chi connectivity index (χ0) is 13.4. The lowest BCUT2D eigenvalue weighted by atomic mass is 10.2. The number of aliphatic hydroxyl groups is 1. The number of hydrogen-bond acceptors (Lipinski definition) is 4. The molecule has 1 aromatic carbocycles. The monoisotopic (exact) mass is 252 g/mol. The van der Waals surface area contributed by atoms with Gasteiger partial charge < -0.3 is 20.5 Å². The second-order valence-corrected chi connectivity index (χ2v) is 4.19. The van der Waals surface area contributed by atoms with E-state index >= 15 is 0 Å². The molecule has 0 bridgehead atoms. The predicted molar refractivity (Wildman–Crippen MR) is 76.2 cm³/mol. The largest absolute Gasteiger partial charge is 0.492 e. The summed E-state index contributed by atoms with van der Waals surface area (Å²) >= 11 is 0. The van der Waals surface area contributed by atoms with E-state index in [0.29, 0.717) is 18.8 Å². The number of anilines is 2. The Balaban J connectivity index is 2.92. The number of unbranched alkanes of at least 4 members (excludes halogenated alkanes) is 1. The van der Waals surface area contributed by atoms with E-state index in [1.807, 2.05) is 25.1 Å². The Morgan fingerprint density at radius 1 is 1.28 bits per heavy atom. The molecule has 4 heteroatoms. The first kappa shape index (κ1) is 14.6. The Hall–Kier alpha value is -1.42. The van der Waals surface area contributed by atoms with E-state index in [-0.39, 0.29) is 6.61 Å². The SMILES string of the molecule is CCCCN(CCO)c1cccc(OCC)c1N. The first-order valence-corrected chi connectivity index (χ1v) is 6.61. The van der Waals surface area contributed by atoms with Gasteiger partial charge in [0.15, 0.2) is 0 Å². The highest BCUT2D eigenvalue weighted by atomic mass is 16.5. The molecule has 0 saturated heterocycles. The van der Waals surface area contributed by atoms with Crippen LogP contribution in [0.3, 0.4) is 0 Å². The van der Waals surface area contributed by atoms with Crippen molar-refractivity contribution in [3.63, 3.8) is 0 Å². The number of nitrogens with zero attached hydrogens (tertiary/aromatic N) is 1. The van der Waals surface area contributed by atoms with E-state index in [9.17, 15) is 0 Å². The summed E-state index contributed by atoms with van der Waals surface area (Å²) in [5, 5.41) is 9.15. The van der Waals surface area contributed by atoms with Crippen molar-refractivity contribution in [1.82, 2.24) is 0 Å². The molecular formula is C14H24N2O2. The van der Waals surface area contributed by atoms with Crippen molar-refractivity contribution in [2.75, 3.05) is 36.9 Å². The van der Waals surface area contributed by atoms with Crippen LogP contribution in [0.2, 0.25) is 0 Å². The van der Waals surface area contributed by atoms with Crippen LogP contribution in [0.25, 0.3) is 0 Å². The molecule has 0 fully saturated rings. The first-order chi connectivity index (χ1) is 8.74. The van der Waals surface area contributed by atoms with Gasteiger partial charge in [-0.1, -0.05) is 19.4 Å². The maximum Gasteiger partial charge on any atom is 0.144 e. The molecule has 4 nitrogen and oxygen atoms in total. The topological polar surface area (TPSA) is 58.7 Å². The molecule has 0 aliphatic heterocycles. The predicted octanol–water partition coefficient (Wildman–Crippen LogP) is 2.27. The van der Waals surface area contributed by atoms with Crippen LogP contribution in [-0.2, 0) is 0 Å². The Labute approximate surface area is 109 Å². The summed E-state index contributed by atoms with van der Waals surface area (Å²) in [5.41, 5.74) is 7.73. The van der Waals surface area contributed by atoms with Gasteiger partial charge in [-0.2, -0.15) is 0 Å². The molecule has 1 aromatic rings. The van der Waals surface area contributed by atoms with Gasteiger partial charge in [0.25, 0.3) is 0 Å². The molecule has 3 N–H and O–H groups in total. The number of hydrogen-bond donors (Lipinski definition) is 2. The van der Waals surface area contributed by atoms with E-state index in [1.165, 1.54) is 0 Å². The number of ether oxygens (including phenoxy) is 1. The molecule has 0 aromatic heterocycles. The van der Waals surface area contributed by atoms with E-state index in [4.69, 9.17) is 15.6 Å². The zero-order valence-electron chi connectivity index (χ0n) is 11.4. The summed E-state index contributed by atoms with van der Waals surface area (Å²) in [5.74, 6) is 0.717. The average molecular weight is 252 g/mol. The lowest BCUT2D eigenvalue weighted by molar-refractivity contribution is 0.301. The third-order valence-electron chi connectivity index (χ3n) is 2.84. The van der Waals surface area contributed by atoms with E-state index in [0.717, 1.165) is 30.8 Å². The Morgan fingerprint density at radius 2 is 2.06 bits per heavy atom. The minimum Gasteiger partial charge on any atom is -0.492 e. The molecule has 0 radical (unpaired) electrons. The number of benzene rings is 1. The summed E-state index contributed by atoms with van der Waals surface area (Å²) in [6.07, 6.45) is 2.20. The normalized spacial score (nSPS) is 10.4. The fourth-order valence-corrected chi connectivity index (χ4v) is 1.91. The van der Waals surface area contributed by atoms with E-state index in [1.54, 1.807) is 0 Å². The van der Waals surface area contributed by atoms with Crippen LogP contribution in [0, 0.1) is 0 Å². The van der Waals surface area contributed by atoms with Crippen LogP contribution in [0.5, 0.6) is 5.75 Å². The molecule has 0 heterocycles. The van der Waals surface area contributed by atoms with Gasteiger partial charge in [-0.25, -0.2) is 0 Å². The number of aliphatic hydroxyl groups excluding tert-OH is 1. The number of rotatable bonds is 8. The second-order valence-electron chi connectivity index (χ2n) is 4.19. The molecule has 0 unspecified atom stereocenters. The smallest absolute Gasteiger partial charge is 0.144 e. The van der Waals surface area contributed by atoms with Gasteiger partial charge in [-0.05, 0) is 25.5 Å². The fourth-order valence-electron chi connectivity index (χ4n) is 1.91. The Morgan fingerprint density at radius 3 is 2.67 bits per heavy atom. The number of nitrogens with two attached hydrogens (primary N) is 1. The fraction of sp³-hybridized carbons (Fsp3) is 0.571. The highest BCUT2D eigenvalue weighted by Gasteiger charge is 2.12. The maximum absolute atomic E-state index is 9.15. The van der Waals surface area contributed by atoms with Gasteiger partial charge in [0, 0.05) is 13.1 Å². The van der Waals surface area contributed by atoms with Gasteiger partial charge in [0.05, 0.1) is 24.6 Å². The van der Waals surface area contributed by atoms with Gasteiger partial charge in [0.1, 0.15) is 5.75 Å². The van der Waals surface area contributed by atoms with Crippen molar-refractivity contribution < 1.29 is 9.84 Å². The van der Waals surface area contributed by atoms with E-state index in [2.05, 4.69) is 11.8 Å². The first-order valence-electron chi connectivity index (χ1n) is 6.61. The van der Waals surface area contributed by atoms with Gasteiger partial charge in [-0.3, -0.25) is 0 Å². The summed E-state index contributed by atoms with van der Waals surface area (Å²) in [4.78, 5) is 2.11. The summed E-state index contributed by atoms with van der Waals surface area (Å²) in [6.45, 7) is 6.31. The van der Waals surface area contributed by atoms with Crippen LogP contribution < -0.4 is 15.4 Å². The lowest BCUT2D eigenvalue weighted by Crippen LogP contribution is -2.28. The van der Waals surface area contributed by atoms with Crippen molar-refractivity contribution in [2.24, 2.45) is 0 Å². The van der Waals surface area contributed by atoms with Gasteiger partial charge >= 0.3 is 0 Å². The second kappa shape index (κ2) is 7.82. The van der Waals surface area contributed by atoms with Crippen molar-refractivity contribution in [3.05, 3.63) is 18.2 Å². The lowest BCUT2D eigenvalue weighted by Gasteiger charge is -2.26. The van der Waals surface area contributed by atoms with Crippen LogP contribution in [0.4, 0.5) is 11.4 Å². The van der Waals surface area contributed by atoms with Crippen LogP contribution in [0.15, 0.2) is 18.2 Å². The standard InChI is InChI=1S/C14H24N2O2/c1-3-5-9-16(10-11-17)12-7-6-8-13(14(12)15)18-4-2/h6-8,17H,3-5,9-11,15H2,1-2H3. The molecule has 0 spiro atoms. The summed E-state index contributed by atoms with van der Waals surface area (Å²) in [7, 11) is 0. The van der Waals surface area contributed by atoms with Crippen molar-refractivity contribution in [2.45, 2.75) is 26.7 Å². The van der Waals surface area contributed by atoms with Crippen LogP contribution >= 0.6 is 0 Å². The molecule has 0 aliphatic carbocycles. The van der Waals surface area contributed by atoms with E-state index < -0.39 is 0 Å². The molecule has 0 amide bonds. The molecule has 18 heavy (non-hydrogen) atoms. The van der Waals surface area contributed by atoms with Crippen LogP contribution in [0.1, 0.15) is 26.7 Å². The van der Waals surface area contributed by atoms with Gasteiger partial charge in [0.2, 0.25) is 0 Å². The Kier molecular flexibility index (Phi) is 6.36. The zero-order valence-corrected chi connectivity index (χ0v) is 11.4. The summed E-state index contributed by atoms with van der Waals surface area (Å²) in [6, 6.07) is 5.79. The highest BCUT2D eigenvalue weighted by molar-refractivity contribution is 5.74. The minimum absolute atomic E-state index is 0.127. The molecule has 0 atom stereocenters. The third-order valence-corrected chi connectivity index (χ3v) is 2.84. The quantitative estimate of drug-likeness (QED) is 0.697. The Bertz CT molecular complexity index is 356. The maximum atomic E-state index is 9.15. The van der Waals surface area contributed by atoms with Crippen molar-refractivity contribution >= 4 is 11.4 Å². The van der Waals surface area contributed by atoms with Crippen molar-refractivity contribution in [3.8, 4) is 5.75 Å². The van der Waals surface area contributed by atoms with Crippen LogP contribution in [-0.4, -0.2) is 31.4 Å². The summed E-state index contributed by atoms with van der Waals surface area (Å²) < 4.78 is 5.50. The van der Waals surface area contributed by atoms with Gasteiger partial charge in [-0.15, -0.1) is 0 Å². The molecular weight excluding hydrogens is 228 g/mol. The number of nitrogen functional groups attached to an aromatic ring is 1. The molecule has 0 saturated carbocycles. The minimum atomic E-state index is 0.127. The average Bonchev–Trinajstić information content (AvgIpc) is 2.38. The number of para-hydroxylation sites is 1.